The number of hydrogen-bond donors (Lipinski definition) is 0. The Bertz CT molecular complexity index is 277. The third-order valence-electron chi connectivity index (χ3n) is 1.85. The molecule has 0 saturated carbocycles. The van der Waals surface area contributed by atoms with E-state index in [9.17, 15) is 0 Å². The molecule has 10 heavy (non-hydrogen) atoms. The summed E-state index contributed by atoms with van der Waals surface area (Å²) in [5.74, 6) is 0. The van der Waals surface area contributed by atoms with E-state index in [4.69, 9.17) is 0 Å². The van der Waals surface area contributed by atoms with Crippen molar-refractivity contribution in [2.45, 2.75) is 13.3 Å². The third-order valence-corrected chi connectivity index (χ3v) is 1.85. The molecule has 0 bridgehead atoms. The van der Waals surface area contributed by atoms with E-state index < -0.39 is 0 Å². The Labute approximate surface area is 60.5 Å². The van der Waals surface area contributed by atoms with Crippen LogP contribution in [0.15, 0.2) is 40.6 Å². The van der Waals surface area contributed by atoms with Gasteiger partial charge in [0.2, 0.25) is 0 Å². The van der Waals surface area contributed by atoms with E-state index >= 15 is 0 Å². The molecule has 1 nitrogen and oxygen atoms in total. The van der Waals surface area contributed by atoms with Crippen LogP contribution in [0.3, 0.4) is 0 Å². The predicted octanol–water partition coefficient (Wildman–Crippen LogP) is 2.23. The first-order chi connectivity index (χ1) is 4.88. The van der Waals surface area contributed by atoms with Gasteiger partial charge in [-0.3, -0.25) is 4.99 Å². The van der Waals surface area contributed by atoms with Crippen LogP contribution in [0.2, 0.25) is 0 Å². The summed E-state index contributed by atoms with van der Waals surface area (Å²) in [6, 6.07) is 0. The topological polar surface area (TPSA) is 12.4 Å². The minimum absolute atomic E-state index is 1.06. The Morgan fingerprint density at radius 1 is 1.50 bits per heavy atom. The normalized spacial score (nSPS) is 21.5. The van der Waals surface area contributed by atoms with Crippen LogP contribution in [0.25, 0.3) is 0 Å². The summed E-state index contributed by atoms with van der Waals surface area (Å²) < 4.78 is 0. The molecule has 0 aromatic heterocycles. The number of nitrogens with zero attached hydrogens (tertiary/aromatic N) is 1. The van der Waals surface area contributed by atoms with E-state index in [1.165, 1.54) is 11.1 Å². The van der Waals surface area contributed by atoms with Gasteiger partial charge in [-0.25, -0.2) is 0 Å². The third kappa shape index (κ3) is 0.670. The molecule has 0 aromatic rings. The molecule has 1 aliphatic carbocycles. The second-order valence-electron chi connectivity index (χ2n) is 2.55. The lowest BCUT2D eigenvalue weighted by Gasteiger charge is -2.04. The molecule has 0 fully saturated rings. The van der Waals surface area contributed by atoms with Gasteiger partial charge in [-0.05, 0) is 13.3 Å². The van der Waals surface area contributed by atoms with Gasteiger partial charge in [-0.15, -0.1) is 0 Å². The van der Waals surface area contributed by atoms with Gasteiger partial charge < -0.3 is 0 Å². The fraction of sp³-hybridized carbons (Fsp3) is 0.222. The Morgan fingerprint density at radius 2 is 2.40 bits per heavy atom. The van der Waals surface area contributed by atoms with Crippen molar-refractivity contribution in [1.82, 2.24) is 0 Å². The minimum Gasteiger partial charge on any atom is -0.260 e. The number of hydrogen-bond acceptors (Lipinski definition) is 1. The summed E-state index contributed by atoms with van der Waals surface area (Å²) in [5, 5.41) is 0. The summed E-state index contributed by atoms with van der Waals surface area (Å²) in [6.07, 6.45) is 9.49. The van der Waals surface area contributed by atoms with E-state index in [0.29, 0.717) is 0 Å². The first kappa shape index (κ1) is 5.66. The molecular formula is C9H9N. The average Bonchev–Trinajstić information content (AvgIpc) is 2.34. The summed E-state index contributed by atoms with van der Waals surface area (Å²) in [4.78, 5) is 4.22. The van der Waals surface area contributed by atoms with E-state index in [0.717, 1.165) is 12.1 Å². The van der Waals surface area contributed by atoms with Crippen molar-refractivity contribution in [2.24, 2.45) is 4.99 Å². The Hall–Kier alpha value is -1.11. The van der Waals surface area contributed by atoms with E-state index in [-0.39, 0.29) is 0 Å². The standard InChI is InChI=1S/C9H9N/c1-7-9-5-3-2-4-8(9)6-10-7/h2,4-6H,3H2,1H3. The lowest BCUT2D eigenvalue weighted by Crippen LogP contribution is -1.95. The fourth-order valence-corrected chi connectivity index (χ4v) is 1.29. The van der Waals surface area contributed by atoms with Crippen molar-refractivity contribution in [3.63, 3.8) is 0 Å². The highest BCUT2D eigenvalue weighted by molar-refractivity contribution is 6.05. The zero-order chi connectivity index (χ0) is 6.97. The highest BCUT2D eigenvalue weighted by Gasteiger charge is 2.12. The van der Waals surface area contributed by atoms with Gasteiger partial charge >= 0.3 is 0 Å². The second-order valence-corrected chi connectivity index (χ2v) is 2.55. The fourth-order valence-electron chi connectivity index (χ4n) is 1.29. The quantitative estimate of drug-likeness (QED) is 0.478. The zero-order valence-corrected chi connectivity index (χ0v) is 5.96. The van der Waals surface area contributed by atoms with E-state index in [1.54, 1.807) is 0 Å². The van der Waals surface area contributed by atoms with Crippen molar-refractivity contribution in [1.29, 1.82) is 0 Å². The lowest BCUT2D eigenvalue weighted by molar-refractivity contribution is 1.32. The second kappa shape index (κ2) is 1.94. The zero-order valence-electron chi connectivity index (χ0n) is 5.96. The van der Waals surface area contributed by atoms with Gasteiger partial charge in [0.05, 0.1) is 0 Å². The monoisotopic (exact) mass is 131 g/mol. The van der Waals surface area contributed by atoms with Crippen LogP contribution in [0.1, 0.15) is 13.3 Å². The molecule has 0 unspecified atom stereocenters. The summed E-state index contributed by atoms with van der Waals surface area (Å²) in [7, 11) is 0. The molecule has 1 heteroatoms. The molecule has 2 rings (SSSR count). The van der Waals surface area contributed by atoms with Crippen LogP contribution >= 0.6 is 0 Å². The average molecular weight is 131 g/mol. The molecule has 0 N–H and O–H groups in total. The van der Waals surface area contributed by atoms with Gasteiger partial charge in [0.25, 0.3) is 0 Å². The molecule has 0 amide bonds. The SMILES string of the molecule is CC1=NC=C2C=CCC=C21. The number of allylic oxidation sites excluding steroid dienone is 5. The minimum atomic E-state index is 1.06. The van der Waals surface area contributed by atoms with Gasteiger partial charge in [-0.1, -0.05) is 18.2 Å². The first-order valence-electron chi connectivity index (χ1n) is 3.50. The number of rotatable bonds is 0. The molecule has 0 saturated heterocycles. The van der Waals surface area contributed by atoms with Gasteiger partial charge in [0.1, 0.15) is 0 Å². The van der Waals surface area contributed by atoms with Crippen LogP contribution in [0, 0.1) is 0 Å². The highest BCUT2D eigenvalue weighted by atomic mass is 14.7. The van der Waals surface area contributed by atoms with Crippen LogP contribution < -0.4 is 0 Å². The number of fused-ring (bicyclic) bond motifs is 1. The van der Waals surface area contributed by atoms with Crippen LogP contribution in [-0.4, -0.2) is 5.71 Å². The first-order valence-corrected chi connectivity index (χ1v) is 3.50. The Morgan fingerprint density at radius 3 is 3.20 bits per heavy atom. The van der Waals surface area contributed by atoms with Gasteiger partial charge in [-0.2, -0.15) is 0 Å². The lowest BCUT2D eigenvalue weighted by atomic mass is 9.99. The molecule has 1 aliphatic heterocycles. The number of aliphatic imine (C=N–C) groups is 1. The largest absolute Gasteiger partial charge is 0.260 e. The molecule has 0 aromatic carbocycles. The van der Waals surface area contributed by atoms with Crippen molar-refractivity contribution < 1.29 is 0 Å². The molecule has 1 heterocycles. The molecule has 0 spiro atoms. The summed E-state index contributed by atoms with van der Waals surface area (Å²) >= 11 is 0. The molecule has 50 valence electrons. The Kier molecular flexibility index (Phi) is 1.10. The highest BCUT2D eigenvalue weighted by Crippen LogP contribution is 2.23. The predicted molar refractivity (Wildman–Crippen MR) is 43.0 cm³/mol. The van der Waals surface area contributed by atoms with E-state index in [1.807, 2.05) is 6.20 Å². The molecule has 0 radical (unpaired) electrons. The van der Waals surface area contributed by atoms with Gasteiger partial charge in [0, 0.05) is 23.1 Å². The summed E-state index contributed by atoms with van der Waals surface area (Å²) in [5.41, 5.74) is 3.74. The maximum absolute atomic E-state index is 4.22. The van der Waals surface area contributed by atoms with Crippen LogP contribution in [0.5, 0.6) is 0 Å². The van der Waals surface area contributed by atoms with Crippen molar-refractivity contribution in [3.8, 4) is 0 Å². The van der Waals surface area contributed by atoms with Crippen molar-refractivity contribution >= 4 is 5.71 Å². The van der Waals surface area contributed by atoms with Gasteiger partial charge in [0.15, 0.2) is 0 Å². The Balaban J connectivity index is 2.45. The summed E-state index contributed by atoms with van der Waals surface area (Å²) in [6.45, 7) is 2.05. The van der Waals surface area contributed by atoms with Crippen molar-refractivity contribution in [2.75, 3.05) is 0 Å². The van der Waals surface area contributed by atoms with Crippen LogP contribution in [-0.2, 0) is 0 Å². The molecule has 2 aliphatic rings. The smallest absolute Gasteiger partial charge is 0.0448 e. The molecular weight excluding hydrogens is 122 g/mol. The maximum atomic E-state index is 4.22. The van der Waals surface area contributed by atoms with E-state index in [2.05, 4.69) is 30.1 Å². The maximum Gasteiger partial charge on any atom is 0.0448 e. The molecule has 0 atom stereocenters. The van der Waals surface area contributed by atoms with Crippen LogP contribution in [0.4, 0.5) is 0 Å². The van der Waals surface area contributed by atoms with Crippen molar-refractivity contribution in [3.05, 3.63) is 35.6 Å².